The topological polar surface area (TPSA) is 14.8 Å². The first kappa shape index (κ1) is 66.7. The van der Waals surface area contributed by atoms with E-state index in [0.717, 1.165) is 42.7 Å². The third kappa shape index (κ3) is 11.0. The summed E-state index contributed by atoms with van der Waals surface area (Å²) in [6, 6.07) is 141. The summed E-state index contributed by atoms with van der Waals surface area (Å²) in [5.41, 5.74) is 32.8. The van der Waals surface area contributed by atoms with Crippen LogP contribution in [0.25, 0.3) is 226 Å². The van der Waals surface area contributed by atoms with Crippen LogP contribution in [0.15, 0.2) is 400 Å². The number of nitrogens with zero attached hydrogens (tertiary/aromatic N) is 3. The van der Waals surface area contributed by atoms with Crippen molar-refractivity contribution in [2.24, 2.45) is 0 Å². The van der Waals surface area contributed by atoms with E-state index in [1.165, 1.54) is 219 Å². The minimum atomic E-state index is 1.00. The van der Waals surface area contributed by atoms with Crippen molar-refractivity contribution in [1.29, 1.82) is 0 Å². The molecule has 117 heavy (non-hydrogen) atoms. The van der Waals surface area contributed by atoms with Crippen LogP contribution in [0.1, 0.15) is 36.0 Å². The Morgan fingerprint density at radius 1 is 0.179 bits per heavy atom. The van der Waals surface area contributed by atoms with E-state index in [2.05, 4.69) is 420 Å². The number of aromatic nitrogens is 3. The number of hydrogen-bond donors (Lipinski definition) is 0. The maximum absolute atomic E-state index is 2.46. The van der Waals surface area contributed by atoms with Gasteiger partial charge in [-0.15, -0.1) is 0 Å². The molecule has 3 heteroatoms. The summed E-state index contributed by atoms with van der Waals surface area (Å²) in [4.78, 5) is 0. The number of fused-ring (bicyclic) bond motifs is 21. The first-order valence-electron chi connectivity index (χ1n) is 41.1. The maximum atomic E-state index is 2.46. The quantitative estimate of drug-likeness (QED) is 0.115. The molecule has 0 spiro atoms. The van der Waals surface area contributed by atoms with Gasteiger partial charge in [0.05, 0.1) is 33.1 Å². The molecule has 0 unspecified atom stereocenters. The van der Waals surface area contributed by atoms with Crippen molar-refractivity contribution in [3.63, 3.8) is 0 Å². The van der Waals surface area contributed by atoms with Crippen LogP contribution in [0.2, 0.25) is 0 Å². The third-order valence-corrected chi connectivity index (χ3v) is 25.5. The fraction of sp³-hybridized carbons (Fsp3) is 0.0351. The van der Waals surface area contributed by atoms with Crippen molar-refractivity contribution in [3.05, 3.63) is 417 Å². The maximum Gasteiger partial charge on any atom is 0.0541 e. The molecule has 2 aliphatic carbocycles. The Morgan fingerprint density at radius 2 is 0.487 bits per heavy atom. The van der Waals surface area contributed by atoms with Gasteiger partial charge in [-0.25, -0.2) is 0 Å². The normalized spacial score (nSPS) is 13.0. The van der Waals surface area contributed by atoms with Gasteiger partial charge in [0.1, 0.15) is 0 Å². The lowest BCUT2D eigenvalue weighted by Crippen LogP contribution is -1.98. The predicted molar refractivity (Wildman–Crippen MR) is 499 cm³/mol. The number of hydrogen-bond acceptors (Lipinski definition) is 0. The van der Waals surface area contributed by atoms with E-state index >= 15 is 0 Å². The highest BCUT2D eigenvalue weighted by atomic mass is 15.0. The Bertz CT molecular complexity index is 8010. The second-order valence-corrected chi connectivity index (χ2v) is 32.0. The molecule has 0 N–H and O–H groups in total. The zero-order chi connectivity index (χ0) is 76.8. The third-order valence-electron chi connectivity index (χ3n) is 25.5. The Kier molecular flexibility index (Phi) is 15.3. The standard InChI is InChI=1S/C114H75N3/c1-3-22-72(23-4-1)81-46-53-96-95-55-49-84(68-104(95)97-57-47-82(66-106(97)105(96)65-81)73-24-5-2-6-25-73)77-29-18-27-75(61-77)79-31-20-34-89(63-79)116-111-44-15-11-40-100(111)107-70-86(51-58-113(107)116)87-52-59-114-108(71-87)101-41-12-16-45-112(101)117(114)90-35-21-32-80(64-90)85-50-56-94-93-54-48-83(67-102(93)91-36-7-8-37-92(91)103(94)69-85)76-28-17-26-74(60-76)78-30-19-33-88(62-78)115-109-42-13-9-38-98(109)99-39-10-14-43-110(99)115/h1-5,8-24,26-35,37-71H,6-7,25,36H2. The van der Waals surface area contributed by atoms with Gasteiger partial charge < -0.3 is 13.7 Å². The van der Waals surface area contributed by atoms with Gasteiger partial charge in [0.15, 0.2) is 0 Å². The van der Waals surface area contributed by atoms with Gasteiger partial charge in [0, 0.05) is 49.4 Å². The van der Waals surface area contributed by atoms with E-state index in [1.54, 1.807) is 0 Å². The molecular formula is C114H75N3. The highest BCUT2D eigenvalue weighted by Crippen LogP contribution is 2.47. The minimum absolute atomic E-state index is 1.00. The summed E-state index contributed by atoms with van der Waals surface area (Å²) >= 11 is 0. The molecule has 0 amide bonds. The van der Waals surface area contributed by atoms with Crippen LogP contribution in [0.5, 0.6) is 0 Å². The van der Waals surface area contributed by atoms with Gasteiger partial charge in [-0.05, 0) is 307 Å². The molecule has 3 aromatic heterocycles. The van der Waals surface area contributed by atoms with Crippen molar-refractivity contribution in [1.82, 2.24) is 13.7 Å². The highest BCUT2D eigenvalue weighted by Gasteiger charge is 2.23. The smallest absolute Gasteiger partial charge is 0.0541 e. The fourth-order valence-corrected chi connectivity index (χ4v) is 19.9. The lowest BCUT2D eigenvalue weighted by Gasteiger charge is -2.20. The molecule has 24 rings (SSSR count). The number of aryl methyl sites for hydroxylation is 1. The van der Waals surface area contributed by atoms with E-state index in [4.69, 9.17) is 0 Å². The number of allylic oxidation sites excluding steroid dienone is 5. The molecule has 0 saturated heterocycles. The predicted octanol–water partition coefficient (Wildman–Crippen LogP) is 31.1. The average molecular weight is 1490 g/mol. The molecule has 0 saturated carbocycles. The zero-order valence-corrected chi connectivity index (χ0v) is 64.4. The van der Waals surface area contributed by atoms with Crippen LogP contribution >= 0.6 is 0 Å². The van der Waals surface area contributed by atoms with Gasteiger partial charge in [-0.3, -0.25) is 0 Å². The lowest BCUT2D eigenvalue weighted by atomic mass is 9.84. The molecular weight excluding hydrogens is 1410 g/mol. The van der Waals surface area contributed by atoms with Crippen LogP contribution in [0.4, 0.5) is 0 Å². The Balaban J connectivity index is 0.536. The van der Waals surface area contributed by atoms with Crippen molar-refractivity contribution >= 4 is 131 Å². The van der Waals surface area contributed by atoms with Crippen LogP contribution < -0.4 is 0 Å². The van der Waals surface area contributed by atoms with Gasteiger partial charge in [-0.1, -0.05) is 279 Å². The Morgan fingerprint density at radius 3 is 0.949 bits per heavy atom. The van der Waals surface area contributed by atoms with Crippen LogP contribution in [-0.2, 0) is 6.42 Å². The second-order valence-electron chi connectivity index (χ2n) is 32.0. The van der Waals surface area contributed by atoms with Gasteiger partial charge >= 0.3 is 0 Å². The van der Waals surface area contributed by atoms with E-state index in [-0.39, 0.29) is 0 Å². The minimum Gasteiger partial charge on any atom is -0.309 e. The van der Waals surface area contributed by atoms with Crippen molar-refractivity contribution < 1.29 is 0 Å². The summed E-state index contributed by atoms with van der Waals surface area (Å²) in [5.74, 6) is 0. The van der Waals surface area contributed by atoms with E-state index in [0.29, 0.717) is 0 Å². The van der Waals surface area contributed by atoms with Crippen LogP contribution in [0.3, 0.4) is 0 Å². The molecule has 19 aromatic carbocycles. The first-order chi connectivity index (χ1) is 58.0. The molecule has 0 atom stereocenters. The van der Waals surface area contributed by atoms with Crippen molar-refractivity contribution in [3.8, 4) is 95.0 Å². The summed E-state index contributed by atoms with van der Waals surface area (Å²) in [5, 5.41) is 20.3. The largest absolute Gasteiger partial charge is 0.309 e. The molecule has 3 nitrogen and oxygen atoms in total. The Hall–Kier alpha value is -14.9. The number of benzene rings is 19. The molecule has 0 bridgehead atoms. The van der Waals surface area contributed by atoms with Crippen molar-refractivity contribution in [2.45, 2.75) is 25.7 Å². The number of rotatable bonds is 11. The summed E-state index contributed by atoms with van der Waals surface area (Å²) in [7, 11) is 0. The molecule has 0 fully saturated rings. The summed E-state index contributed by atoms with van der Waals surface area (Å²) in [6.07, 6.45) is 15.7. The van der Waals surface area contributed by atoms with E-state index < -0.39 is 0 Å². The second kappa shape index (κ2) is 26.9. The molecule has 546 valence electrons. The SMILES string of the molecule is C1=CCCC(c2ccc3c(c2)c2cc(-c4ccccc4)ccc2c2ccc(-c4cccc(-c5cccc(-n6c7ccccc7c7cc(-c8ccc9c(c8)c8ccccc8n9-c8cccc(-c9ccc%10c(c9)c9c(c%11cc(-c%12cccc(-c%13cccc(-n%14c%15ccccc%15c%15ccccc%15%14)c%13)c%12)ccc%11%10)CCC=C9)c8)ccc76)c5)c4)cc23)=C1. The van der Waals surface area contributed by atoms with Gasteiger partial charge in [0.25, 0.3) is 0 Å². The summed E-state index contributed by atoms with van der Waals surface area (Å²) < 4.78 is 7.33. The first-order valence-corrected chi connectivity index (χ1v) is 41.1. The highest BCUT2D eigenvalue weighted by molar-refractivity contribution is 6.27. The van der Waals surface area contributed by atoms with Crippen LogP contribution in [-0.4, -0.2) is 13.7 Å². The summed E-state index contributed by atoms with van der Waals surface area (Å²) in [6.45, 7) is 0. The molecule has 22 aromatic rings. The molecule has 3 heterocycles. The average Bonchev–Trinajstić information content (AvgIpc) is 1.78. The fourth-order valence-electron chi connectivity index (χ4n) is 19.9. The molecule has 2 aliphatic rings. The zero-order valence-electron chi connectivity index (χ0n) is 64.4. The monoisotopic (exact) mass is 1490 g/mol. The van der Waals surface area contributed by atoms with Crippen LogP contribution in [0, 0.1) is 0 Å². The molecule has 0 radical (unpaired) electrons. The van der Waals surface area contributed by atoms with E-state index in [9.17, 15) is 0 Å². The number of para-hydroxylation sites is 4. The van der Waals surface area contributed by atoms with Crippen molar-refractivity contribution in [2.75, 3.05) is 0 Å². The van der Waals surface area contributed by atoms with E-state index in [1.807, 2.05) is 0 Å². The van der Waals surface area contributed by atoms with Gasteiger partial charge in [-0.2, -0.15) is 0 Å². The molecule has 0 aliphatic heterocycles. The van der Waals surface area contributed by atoms with Gasteiger partial charge in [0.2, 0.25) is 0 Å². The lowest BCUT2D eigenvalue weighted by molar-refractivity contribution is 1.00. The Labute approximate surface area is 677 Å².